The third kappa shape index (κ3) is 53.9. The number of unbranched alkanes of at least 4 members (excludes halogenated alkanes) is 7. The standard InChI is InChI=1S/C63H96O5/c1-4-7-10-13-16-19-22-25-28-30-31-32-34-37-40-43-46-49-52-55-58-66-59-61(68-63(65)57-54-51-48-45-42-39-35-27-24-21-18-15-12-9-6-3)60-67-62(64)56-53-50-47-44-41-38-36-33-29-26-23-20-17-14-11-8-5-2/h7-12,16-21,25-29,31-32,35-38,40,42,44-45,47,61H,4-6,13-15,22-24,30,33-34,39,41,43,46,48-60H2,1-3H3/b10-7-,11-8-,12-9-,19-16-,20-17-,21-18-,28-25-,29-26-,32-31-,35-27-,38-36-,40-37-,45-42-,47-44-. The topological polar surface area (TPSA) is 61.8 Å². The van der Waals surface area contributed by atoms with Crippen LogP contribution < -0.4 is 0 Å². The molecule has 1 atom stereocenters. The van der Waals surface area contributed by atoms with E-state index in [1.165, 1.54) is 0 Å². The molecule has 0 saturated carbocycles. The molecule has 0 aliphatic heterocycles. The van der Waals surface area contributed by atoms with E-state index in [1.54, 1.807) is 0 Å². The first-order valence-corrected chi connectivity index (χ1v) is 26.7. The smallest absolute Gasteiger partial charge is 0.306 e. The first-order chi connectivity index (χ1) is 33.6. The minimum absolute atomic E-state index is 0.0153. The average Bonchev–Trinajstić information content (AvgIpc) is 3.34. The van der Waals surface area contributed by atoms with Gasteiger partial charge in [-0.2, -0.15) is 0 Å². The van der Waals surface area contributed by atoms with Gasteiger partial charge in [-0.1, -0.05) is 204 Å². The van der Waals surface area contributed by atoms with Crippen LogP contribution in [0, 0.1) is 0 Å². The van der Waals surface area contributed by atoms with Crippen LogP contribution in [0.5, 0.6) is 0 Å². The molecule has 0 aromatic carbocycles. The summed E-state index contributed by atoms with van der Waals surface area (Å²) in [7, 11) is 0. The summed E-state index contributed by atoms with van der Waals surface area (Å²) in [6.07, 6.45) is 85.2. The summed E-state index contributed by atoms with van der Waals surface area (Å²) < 4.78 is 17.3. The second-order valence-electron chi connectivity index (χ2n) is 16.6. The number of hydrogen-bond donors (Lipinski definition) is 0. The van der Waals surface area contributed by atoms with Crippen LogP contribution in [0.25, 0.3) is 0 Å². The Balaban J connectivity index is 4.53. The molecule has 0 aliphatic carbocycles. The van der Waals surface area contributed by atoms with Crippen LogP contribution in [-0.4, -0.2) is 37.9 Å². The monoisotopic (exact) mass is 933 g/mol. The van der Waals surface area contributed by atoms with Crippen LogP contribution in [-0.2, 0) is 23.8 Å². The normalized spacial score (nSPS) is 13.6. The quantitative estimate of drug-likeness (QED) is 0.0346. The zero-order chi connectivity index (χ0) is 49.2. The van der Waals surface area contributed by atoms with Gasteiger partial charge in [0.2, 0.25) is 0 Å². The number of carbonyl (C=O) groups excluding carboxylic acids is 2. The maximum absolute atomic E-state index is 12.8. The molecule has 0 saturated heterocycles. The lowest BCUT2D eigenvalue weighted by Gasteiger charge is -2.18. The second-order valence-corrected chi connectivity index (χ2v) is 16.6. The summed E-state index contributed by atoms with van der Waals surface area (Å²) in [6, 6.07) is 0. The molecule has 0 bridgehead atoms. The molecular weight excluding hydrogens is 837 g/mol. The molecule has 0 radical (unpaired) electrons. The Bertz CT molecular complexity index is 1570. The summed E-state index contributed by atoms with van der Waals surface area (Å²) in [6.45, 7) is 7.29. The number of esters is 2. The summed E-state index contributed by atoms with van der Waals surface area (Å²) in [5.74, 6) is -0.544. The molecule has 0 heterocycles. The lowest BCUT2D eigenvalue weighted by atomic mass is 10.1. The van der Waals surface area contributed by atoms with E-state index >= 15 is 0 Å². The van der Waals surface area contributed by atoms with E-state index in [4.69, 9.17) is 14.2 Å². The van der Waals surface area contributed by atoms with Crippen molar-refractivity contribution in [1.82, 2.24) is 0 Å². The Kier molecular flexibility index (Phi) is 52.6. The molecule has 1 unspecified atom stereocenters. The summed E-state index contributed by atoms with van der Waals surface area (Å²) >= 11 is 0. The van der Waals surface area contributed by atoms with Gasteiger partial charge in [-0.25, -0.2) is 0 Å². The van der Waals surface area contributed by atoms with E-state index in [0.29, 0.717) is 25.9 Å². The molecule has 0 N–H and O–H groups in total. The van der Waals surface area contributed by atoms with Crippen molar-refractivity contribution in [2.75, 3.05) is 19.8 Å². The zero-order valence-corrected chi connectivity index (χ0v) is 43.3. The Hall–Kier alpha value is -4.74. The molecule has 5 nitrogen and oxygen atoms in total. The van der Waals surface area contributed by atoms with E-state index in [2.05, 4.69) is 191 Å². The van der Waals surface area contributed by atoms with Crippen molar-refractivity contribution in [3.8, 4) is 0 Å². The van der Waals surface area contributed by atoms with Crippen molar-refractivity contribution in [1.29, 1.82) is 0 Å². The van der Waals surface area contributed by atoms with E-state index in [9.17, 15) is 9.59 Å². The average molecular weight is 933 g/mol. The third-order valence-electron chi connectivity index (χ3n) is 10.2. The largest absolute Gasteiger partial charge is 0.462 e. The fourth-order valence-electron chi connectivity index (χ4n) is 6.38. The maximum atomic E-state index is 12.8. The third-order valence-corrected chi connectivity index (χ3v) is 10.2. The Morgan fingerprint density at radius 1 is 0.324 bits per heavy atom. The van der Waals surface area contributed by atoms with Crippen molar-refractivity contribution >= 4 is 11.9 Å². The van der Waals surface area contributed by atoms with Crippen molar-refractivity contribution in [3.63, 3.8) is 0 Å². The predicted octanol–water partition coefficient (Wildman–Crippen LogP) is 18.4. The van der Waals surface area contributed by atoms with E-state index < -0.39 is 6.10 Å². The van der Waals surface area contributed by atoms with Gasteiger partial charge in [-0.15, -0.1) is 0 Å². The first kappa shape index (κ1) is 63.3. The molecule has 0 rings (SSSR count). The van der Waals surface area contributed by atoms with Crippen molar-refractivity contribution in [2.24, 2.45) is 0 Å². The fraction of sp³-hybridized carbons (Fsp3) is 0.524. The van der Waals surface area contributed by atoms with Gasteiger partial charge in [0.25, 0.3) is 0 Å². The van der Waals surface area contributed by atoms with Gasteiger partial charge in [0.1, 0.15) is 6.61 Å². The van der Waals surface area contributed by atoms with Gasteiger partial charge in [0, 0.05) is 19.4 Å². The molecule has 5 heteroatoms. The van der Waals surface area contributed by atoms with Crippen molar-refractivity contribution in [3.05, 3.63) is 170 Å². The zero-order valence-electron chi connectivity index (χ0n) is 43.3. The molecule has 0 aromatic rings. The Morgan fingerprint density at radius 2 is 0.632 bits per heavy atom. The highest BCUT2D eigenvalue weighted by atomic mass is 16.6. The predicted molar refractivity (Wildman–Crippen MR) is 297 cm³/mol. The van der Waals surface area contributed by atoms with Crippen molar-refractivity contribution < 1.29 is 23.8 Å². The Morgan fingerprint density at radius 3 is 1.01 bits per heavy atom. The number of ether oxygens (including phenoxy) is 3. The summed E-state index contributed by atoms with van der Waals surface area (Å²) in [4.78, 5) is 25.4. The number of rotatable bonds is 46. The van der Waals surface area contributed by atoms with Gasteiger partial charge >= 0.3 is 11.9 Å². The first-order valence-electron chi connectivity index (χ1n) is 26.7. The molecule has 0 aliphatic rings. The molecule has 0 amide bonds. The summed E-state index contributed by atoms with van der Waals surface area (Å²) in [5, 5.41) is 0. The van der Waals surface area contributed by atoms with Gasteiger partial charge in [0.05, 0.1) is 6.61 Å². The lowest BCUT2D eigenvalue weighted by Crippen LogP contribution is -2.30. The van der Waals surface area contributed by atoms with Crippen molar-refractivity contribution in [2.45, 2.75) is 194 Å². The number of allylic oxidation sites excluding steroid dienone is 28. The fourth-order valence-corrected chi connectivity index (χ4v) is 6.38. The van der Waals surface area contributed by atoms with E-state index in [-0.39, 0.29) is 25.2 Å². The minimum Gasteiger partial charge on any atom is -0.462 e. The lowest BCUT2D eigenvalue weighted by molar-refractivity contribution is -0.162. The van der Waals surface area contributed by atoms with E-state index in [0.717, 1.165) is 148 Å². The SMILES string of the molecule is CC/C=C\C/C=C\C/C=C\C/C=C\C/C=C\CCCCCCOCC(COC(=O)CCC/C=C\C/C=C\C/C=C\C/C=C\C/C=C\CC)OC(=O)CCCC/C=C\C/C=C\C/C=C\C/C=C\CC. The van der Waals surface area contributed by atoms with Gasteiger partial charge in [-0.3, -0.25) is 9.59 Å². The summed E-state index contributed by atoms with van der Waals surface area (Å²) in [5.41, 5.74) is 0. The van der Waals surface area contributed by atoms with Crippen LogP contribution >= 0.6 is 0 Å². The van der Waals surface area contributed by atoms with Gasteiger partial charge in [0.15, 0.2) is 6.10 Å². The molecule has 0 aromatic heterocycles. The number of hydrogen-bond acceptors (Lipinski definition) is 5. The highest BCUT2D eigenvalue weighted by molar-refractivity contribution is 5.70. The van der Waals surface area contributed by atoms with Crippen LogP contribution in [0.15, 0.2) is 170 Å². The van der Waals surface area contributed by atoms with Gasteiger partial charge in [-0.05, 0) is 141 Å². The maximum Gasteiger partial charge on any atom is 0.306 e. The molecule has 0 spiro atoms. The highest BCUT2D eigenvalue weighted by Gasteiger charge is 2.17. The molecule has 378 valence electrons. The molecule has 68 heavy (non-hydrogen) atoms. The van der Waals surface area contributed by atoms with Crippen LogP contribution in [0.2, 0.25) is 0 Å². The Labute approximate surface area is 417 Å². The van der Waals surface area contributed by atoms with E-state index in [1.807, 2.05) is 0 Å². The number of carbonyl (C=O) groups is 2. The molecular formula is C63H96O5. The minimum atomic E-state index is -0.609. The molecule has 0 fully saturated rings. The van der Waals surface area contributed by atoms with Crippen LogP contribution in [0.3, 0.4) is 0 Å². The van der Waals surface area contributed by atoms with Crippen LogP contribution in [0.4, 0.5) is 0 Å². The highest BCUT2D eigenvalue weighted by Crippen LogP contribution is 2.10. The second kappa shape index (κ2) is 56.6. The van der Waals surface area contributed by atoms with Gasteiger partial charge < -0.3 is 14.2 Å². The van der Waals surface area contributed by atoms with Crippen LogP contribution in [0.1, 0.15) is 188 Å².